The quantitative estimate of drug-likeness (QED) is 0.556. The van der Waals surface area contributed by atoms with Crippen molar-refractivity contribution in [1.82, 2.24) is 0 Å². The highest BCUT2D eigenvalue weighted by Gasteiger charge is 2.02. The Balaban J connectivity index is 2.51. The Morgan fingerprint density at radius 2 is 1.44 bits per heavy atom. The molecule has 3 rings (SSSR count). The largest absolute Gasteiger partial charge is 0.285 e. The van der Waals surface area contributed by atoms with Gasteiger partial charge < -0.3 is 0 Å². The first kappa shape index (κ1) is 9.10. The summed E-state index contributed by atoms with van der Waals surface area (Å²) in [6.07, 6.45) is 1.98. The minimum atomic E-state index is 0.628. The molecule has 1 heteroatoms. The molecule has 3 aromatic carbocycles. The molecule has 0 aliphatic heterocycles. The first-order valence-electron chi connectivity index (χ1n) is 5.18. The lowest BCUT2D eigenvalue weighted by molar-refractivity contribution is 0.563. The Kier molecular flexibility index (Phi) is 1.97. The van der Waals surface area contributed by atoms with Crippen molar-refractivity contribution in [3.8, 4) is 0 Å². The number of hydrogen-bond donors (Lipinski definition) is 0. The van der Waals surface area contributed by atoms with Gasteiger partial charge in [0.05, 0.1) is 0 Å². The molecule has 3 aromatic rings. The second-order valence-electron chi connectivity index (χ2n) is 3.83. The summed E-state index contributed by atoms with van der Waals surface area (Å²) in [5.74, 6) is 0. The van der Waals surface area contributed by atoms with E-state index in [1.54, 1.807) is 6.07 Å². The van der Waals surface area contributed by atoms with Crippen LogP contribution in [0.25, 0.3) is 21.5 Å². The van der Waals surface area contributed by atoms with E-state index in [2.05, 4.69) is 18.2 Å². The molecule has 0 heterocycles. The lowest BCUT2D eigenvalue weighted by Gasteiger charge is -2.03. The zero-order valence-electron chi connectivity index (χ0n) is 8.60. The topological polar surface area (TPSA) is 17.1 Å². The molecule has 75 valence electrons. The van der Waals surface area contributed by atoms with Gasteiger partial charge in [0.25, 0.3) is 0 Å². The number of benzene rings is 3. The highest BCUT2D eigenvalue weighted by Crippen LogP contribution is 2.24. The summed E-state index contributed by atoms with van der Waals surface area (Å²) in [6, 6.07) is 18.0. The van der Waals surface area contributed by atoms with Gasteiger partial charge in [-0.2, -0.15) is 0 Å². The van der Waals surface area contributed by atoms with Crippen LogP contribution in [0.15, 0.2) is 54.6 Å². The van der Waals surface area contributed by atoms with Gasteiger partial charge in [-0.05, 0) is 33.7 Å². The van der Waals surface area contributed by atoms with E-state index < -0.39 is 0 Å². The van der Waals surface area contributed by atoms with Crippen molar-refractivity contribution in [2.45, 2.75) is 0 Å². The Hall–Kier alpha value is -2.15. The second kappa shape index (κ2) is 3.46. The normalized spacial score (nSPS) is 10.8. The molecule has 0 saturated carbocycles. The maximum absolute atomic E-state index is 10.8. The van der Waals surface area contributed by atoms with Crippen molar-refractivity contribution >= 4 is 27.8 Å². The van der Waals surface area contributed by atoms with Gasteiger partial charge in [-0.25, -0.2) is 0 Å². The molecule has 16 heavy (non-hydrogen) atoms. The third-order valence-electron chi connectivity index (χ3n) is 2.86. The first-order valence-corrected chi connectivity index (χ1v) is 5.18. The molecule has 0 spiro atoms. The standard InChI is InChI=1S/C15H9O/c16-10-14-7-3-6-13-8-11-4-1-2-5-12(11)9-15(13)14/h1-9H. The molecule has 0 aliphatic carbocycles. The van der Waals surface area contributed by atoms with Crippen molar-refractivity contribution in [3.05, 3.63) is 60.2 Å². The van der Waals surface area contributed by atoms with Gasteiger partial charge in [0, 0.05) is 5.56 Å². The Bertz CT molecular complexity index is 683. The van der Waals surface area contributed by atoms with Crippen molar-refractivity contribution < 1.29 is 4.79 Å². The van der Waals surface area contributed by atoms with Crippen LogP contribution in [0.4, 0.5) is 0 Å². The number of rotatable bonds is 1. The fourth-order valence-corrected chi connectivity index (χ4v) is 2.06. The monoisotopic (exact) mass is 205 g/mol. The van der Waals surface area contributed by atoms with E-state index in [4.69, 9.17) is 0 Å². The summed E-state index contributed by atoms with van der Waals surface area (Å²) in [4.78, 5) is 10.8. The summed E-state index contributed by atoms with van der Waals surface area (Å²) < 4.78 is 0. The highest BCUT2D eigenvalue weighted by molar-refractivity contribution is 6.05. The average Bonchev–Trinajstić information content (AvgIpc) is 2.35. The van der Waals surface area contributed by atoms with E-state index in [1.165, 1.54) is 5.39 Å². The number of carbonyl (C=O) groups excluding carboxylic acids is 1. The average molecular weight is 205 g/mol. The van der Waals surface area contributed by atoms with E-state index in [1.807, 2.05) is 36.6 Å². The van der Waals surface area contributed by atoms with Gasteiger partial charge >= 0.3 is 0 Å². The lowest BCUT2D eigenvalue weighted by atomic mass is 10.0. The van der Waals surface area contributed by atoms with E-state index in [9.17, 15) is 4.79 Å². The SMILES string of the molecule is O=[C]c1cccc2cc3ccccc3cc12. The lowest BCUT2D eigenvalue weighted by Crippen LogP contribution is -1.84. The van der Waals surface area contributed by atoms with Crippen LogP contribution in [0, 0.1) is 0 Å². The van der Waals surface area contributed by atoms with Gasteiger partial charge in [-0.15, -0.1) is 0 Å². The first-order chi connectivity index (χ1) is 7.88. The van der Waals surface area contributed by atoms with Crippen LogP contribution in [0.2, 0.25) is 0 Å². The van der Waals surface area contributed by atoms with Gasteiger partial charge in [-0.3, -0.25) is 4.79 Å². The fourth-order valence-electron chi connectivity index (χ4n) is 2.06. The molecular weight excluding hydrogens is 196 g/mol. The molecule has 1 radical (unpaired) electrons. The fraction of sp³-hybridized carbons (Fsp3) is 0. The molecule has 1 nitrogen and oxygen atoms in total. The molecule has 0 N–H and O–H groups in total. The Morgan fingerprint density at radius 1 is 0.750 bits per heavy atom. The van der Waals surface area contributed by atoms with Crippen LogP contribution in [0.3, 0.4) is 0 Å². The molecule has 0 atom stereocenters. The molecule has 0 aliphatic rings. The van der Waals surface area contributed by atoms with Crippen molar-refractivity contribution in [1.29, 1.82) is 0 Å². The van der Waals surface area contributed by atoms with Gasteiger partial charge in [-0.1, -0.05) is 42.5 Å². The van der Waals surface area contributed by atoms with E-state index in [-0.39, 0.29) is 0 Å². The summed E-state index contributed by atoms with van der Waals surface area (Å²) >= 11 is 0. The van der Waals surface area contributed by atoms with E-state index >= 15 is 0 Å². The van der Waals surface area contributed by atoms with Crippen LogP contribution in [-0.4, -0.2) is 6.29 Å². The van der Waals surface area contributed by atoms with Crippen LogP contribution < -0.4 is 0 Å². The summed E-state index contributed by atoms with van der Waals surface area (Å²) in [7, 11) is 0. The zero-order chi connectivity index (χ0) is 11.0. The van der Waals surface area contributed by atoms with Crippen LogP contribution >= 0.6 is 0 Å². The van der Waals surface area contributed by atoms with Crippen molar-refractivity contribution in [3.63, 3.8) is 0 Å². The third kappa shape index (κ3) is 1.29. The Morgan fingerprint density at radius 3 is 2.19 bits per heavy atom. The summed E-state index contributed by atoms with van der Waals surface area (Å²) in [5.41, 5.74) is 0.628. The van der Waals surface area contributed by atoms with Crippen molar-refractivity contribution in [2.75, 3.05) is 0 Å². The maximum Gasteiger partial charge on any atom is 0.234 e. The summed E-state index contributed by atoms with van der Waals surface area (Å²) in [6.45, 7) is 0. The maximum atomic E-state index is 10.8. The van der Waals surface area contributed by atoms with Gasteiger partial charge in [0.15, 0.2) is 0 Å². The Labute approximate surface area is 93.3 Å². The molecule has 0 saturated heterocycles. The second-order valence-corrected chi connectivity index (χ2v) is 3.83. The number of fused-ring (bicyclic) bond motifs is 2. The molecule has 0 amide bonds. The minimum absolute atomic E-state index is 0.628. The van der Waals surface area contributed by atoms with Crippen LogP contribution in [0.1, 0.15) is 5.56 Å². The molecule has 0 unspecified atom stereocenters. The van der Waals surface area contributed by atoms with Gasteiger partial charge in [0.2, 0.25) is 6.29 Å². The third-order valence-corrected chi connectivity index (χ3v) is 2.86. The predicted molar refractivity (Wildman–Crippen MR) is 66.2 cm³/mol. The number of hydrogen-bond acceptors (Lipinski definition) is 1. The van der Waals surface area contributed by atoms with Gasteiger partial charge in [0.1, 0.15) is 0 Å². The smallest absolute Gasteiger partial charge is 0.234 e. The van der Waals surface area contributed by atoms with Crippen LogP contribution in [-0.2, 0) is 4.79 Å². The molecular formula is C15H9O. The zero-order valence-corrected chi connectivity index (χ0v) is 8.60. The highest BCUT2D eigenvalue weighted by atomic mass is 16.1. The summed E-state index contributed by atoms with van der Waals surface area (Å²) in [5, 5.41) is 4.39. The predicted octanol–water partition coefficient (Wildman–Crippen LogP) is 3.45. The minimum Gasteiger partial charge on any atom is -0.285 e. The molecule has 0 bridgehead atoms. The van der Waals surface area contributed by atoms with E-state index in [0.29, 0.717) is 5.56 Å². The van der Waals surface area contributed by atoms with Crippen molar-refractivity contribution in [2.24, 2.45) is 0 Å². The molecule has 0 aromatic heterocycles. The molecule has 0 fully saturated rings. The van der Waals surface area contributed by atoms with E-state index in [0.717, 1.165) is 16.2 Å². The van der Waals surface area contributed by atoms with Crippen LogP contribution in [0.5, 0.6) is 0 Å².